The van der Waals surface area contributed by atoms with Crippen molar-refractivity contribution in [2.75, 3.05) is 13.7 Å². The Morgan fingerprint density at radius 3 is 2.03 bits per heavy atom. The SMILES string of the molecule is CNC(=O)C(Cc1ccccc1)N(Cc1ccccc1)C(=O)COc1ccccc1C(C)C. The molecule has 172 valence electrons. The van der Waals surface area contributed by atoms with Crippen LogP contribution in [0.4, 0.5) is 0 Å². The van der Waals surface area contributed by atoms with E-state index in [0.29, 0.717) is 18.7 Å². The van der Waals surface area contributed by atoms with Crippen LogP contribution in [0.5, 0.6) is 5.75 Å². The van der Waals surface area contributed by atoms with Crippen molar-refractivity contribution < 1.29 is 14.3 Å². The van der Waals surface area contributed by atoms with E-state index >= 15 is 0 Å². The van der Waals surface area contributed by atoms with Gasteiger partial charge in [-0.05, 0) is 28.7 Å². The van der Waals surface area contributed by atoms with Gasteiger partial charge in [0.25, 0.3) is 5.91 Å². The molecule has 0 saturated carbocycles. The van der Waals surface area contributed by atoms with E-state index in [1.54, 1.807) is 11.9 Å². The van der Waals surface area contributed by atoms with Crippen LogP contribution in [0.2, 0.25) is 0 Å². The number of carbonyl (C=O) groups excluding carboxylic acids is 2. The molecule has 1 unspecified atom stereocenters. The molecular formula is C28H32N2O3. The Balaban J connectivity index is 1.87. The molecule has 3 aromatic rings. The summed E-state index contributed by atoms with van der Waals surface area (Å²) in [5.74, 6) is 0.529. The second kappa shape index (κ2) is 11.9. The van der Waals surface area contributed by atoms with Crippen LogP contribution in [0.25, 0.3) is 0 Å². The summed E-state index contributed by atoms with van der Waals surface area (Å²) in [7, 11) is 1.60. The maximum atomic E-state index is 13.5. The first kappa shape index (κ1) is 24.1. The molecule has 0 aliphatic heterocycles. The second-order valence-electron chi connectivity index (χ2n) is 8.31. The Kier molecular flexibility index (Phi) is 8.64. The fourth-order valence-electron chi connectivity index (χ4n) is 3.81. The predicted octanol–water partition coefficient (Wildman–Crippen LogP) is 4.57. The molecule has 0 aliphatic rings. The molecule has 3 aromatic carbocycles. The molecule has 0 bridgehead atoms. The Morgan fingerprint density at radius 2 is 1.42 bits per heavy atom. The summed E-state index contributed by atoms with van der Waals surface area (Å²) in [6.07, 6.45) is 0.418. The third kappa shape index (κ3) is 6.69. The minimum absolute atomic E-state index is 0.140. The van der Waals surface area contributed by atoms with Crippen LogP contribution in [0.1, 0.15) is 36.5 Å². The lowest BCUT2D eigenvalue weighted by Crippen LogP contribution is -2.51. The highest BCUT2D eigenvalue weighted by Crippen LogP contribution is 2.26. The molecule has 5 heteroatoms. The summed E-state index contributed by atoms with van der Waals surface area (Å²) in [5.41, 5.74) is 2.99. The van der Waals surface area contributed by atoms with Gasteiger partial charge in [0.1, 0.15) is 11.8 Å². The van der Waals surface area contributed by atoms with Gasteiger partial charge in [-0.15, -0.1) is 0 Å². The number of rotatable bonds is 10. The highest BCUT2D eigenvalue weighted by atomic mass is 16.5. The van der Waals surface area contributed by atoms with Crippen LogP contribution in [0.3, 0.4) is 0 Å². The van der Waals surface area contributed by atoms with Crippen molar-refractivity contribution in [1.82, 2.24) is 10.2 Å². The van der Waals surface area contributed by atoms with Gasteiger partial charge in [0, 0.05) is 20.0 Å². The Morgan fingerprint density at radius 1 is 0.848 bits per heavy atom. The number of ether oxygens (including phenoxy) is 1. The van der Waals surface area contributed by atoms with Gasteiger partial charge in [-0.25, -0.2) is 0 Å². The molecule has 0 spiro atoms. The molecule has 0 heterocycles. The quantitative estimate of drug-likeness (QED) is 0.498. The molecule has 33 heavy (non-hydrogen) atoms. The van der Waals surface area contributed by atoms with Crippen molar-refractivity contribution >= 4 is 11.8 Å². The summed E-state index contributed by atoms with van der Waals surface area (Å²) in [5, 5.41) is 2.73. The van der Waals surface area contributed by atoms with Gasteiger partial charge in [-0.3, -0.25) is 9.59 Å². The lowest BCUT2D eigenvalue weighted by Gasteiger charge is -2.31. The highest BCUT2D eigenvalue weighted by Gasteiger charge is 2.30. The van der Waals surface area contributed by atoms with E-state index in [1.807, 2.05) is 84.9 Å². The predicted molar refractivity (Wildman–Crippen MR) is 131 cm³/mol. The summed E-state index contributed by atoms with van der Waals surface area (Å²) in [6, 6.07) is 26.5. The van der Waals surface area contributed by atoms with Crippen LogP contribution in [-0.2, 0) is 22.6 Å². The van der Waals surface area contributed by atoms with Gasteiger partial charge in [0.2, 0.25) is 5.91 Å². The largest absolute Gasteiger partial charge is 0.483 e. The topological polar surface area (TPSA) is 58.6 Å². The van der Waals surface area contributed by atoms with E-state index in [9.17, 15) is 9.59 Å². The third-order valence-electron chi connectivity index (χ3n) is 5.61. The summed E-state index contributed by atoms with van der Waals surface area (Å²) >= 11 is 0. The number of carbonyl (C=O) groups is 2. The van der Waals surface area contributed by atoms with Gasteiger partial charge in [-0.1, -0.05) is 92.7 Å². The molecule has 0 aromatic heterocycles. The number of benzene rings is 3. The standard InChI is InChI=1S/C28H32N2O3/c1-21(2)24-16-10-11-17-26(24)33-20-27(31)30(19-23-14-8-5-9-15-23)25(28(32)29-3)18-22-12-6-4-7-13-22/h4-17,21,25H,18-20H2,1-3H3,(H,29,32). The maximum absolute atomic E-state index is 13.5. The van der Waals surface area contributed by atoms with Gasteiger partial charge < -0.3 is 15.0 Å². The maximum Gasteiger partial charge on any atom is 0.261 e. The molecule has 3 rings (SSSR count). The van der Waals surface area contributed by atoms with Crippen molar-refractivity contribution in [2.45, 2.75) is 38.8 Å². The van der Waals surface area contributed by atoms with Crippen molar-refractivity contribution in [3.05, 3.63) is 102 Å². The lowest BCUT2D eigenvalue weighted by atomic mass is 10.0. The molecule has 2 amide bonds. The monoisotopic (exact) mass is 444 g/mol. The van der Waals surface area contributed by atoms with E-state index in [4.69, 9.17) is 4.74 Å². The van der Waals surface area contributed by atoms with Crippen LogP contribution in [0.15, 0.2) is 84.9 Å². The van der Waals surface area contributed by atoms with Crippen LogP contribution >= 0.6 is 0 Å². The van der Waals surface area contributed by atoms with E-state index in [2.05, 4.69) is 19.2 Å². The van der Waals surface area contributed by atoms with Crippen molar-refractivity contribution in [3.8, 4) is 5.75 Å². The zero-order valence-corrected chi connectivity index (χ0v) is 19.5. The number of hydrogen-bond donors (Lipinski definition) is 1. The summed E-state index contributed by atoms with van der Waals surface area (Å²) < 4.78 is 5.97. The van der Waals surface area contributed by atoms with Crippen molar-refractivity contribution in [2.24, 2.45) is 0 Å². The van der Waals surface area contributed by atoms with E-state index in [1.165, 1.54) is 0 Å². The molecule has 0 aliphatic carbocycles. The molecular weight excluding hydrogens is 412 g/mol. The zero-order chi connectivity index (χ0) is 23.6. The molecule has 1 atom stereocenters. The molecule has 0 saturated heterocycles. The Hall–Kier alpha value is -3.60. The number of para-hydroxylation sites is 1. The zero-order valence-electron chi connectivity index (χ0n) is 19.5. The van der Waals surface area contributed by atoms with Crippen molar-refractivity contribution in [3.63, 3.8) is 0 Å². The first-order valence-corrected chi connectivity index (χ1v) is 11.3. The highest BCUT2D eigenvalue weighted by molar-refractivity contribution is 5.88. The first-order valence-electron chi connectivity index (χ1n) is 11.3. The average Bonchev–Trinajstić information content (AvgIpc) is 2.85. The Bertz CT molecular complexity index is 1040. The van der Waals surface area contributed by atoms with E-state index in [0.717, 1.165) is 16.7 Å². The second-order valence-corrected chi connectivity index (χ2v) is 8.31. The fourth-order valence-corrected chi connectivity index (χ4v) is 3.81. The lowest BCUT2D eigenvalue weighted by molar-refractivity contribution is -0.142. The van der Waals surface area contributed by atoms with Gasteiger partial charge in [0.05, 0.1) is 0 Å². The van der Waals surface area contributed by atoms with Gasteiger partial charge >= 0.3 is 0 Å². The normalized spacial score (nSPS) is 11.6. The molecule has 1 N–H and O–H groups in total. The number of nitrogens with one attached hydrogen (secondary N) is 1. The third-order valence-corrected chi connectivity index (χ3v) is 5.61. The number of hydrogen-bond acceptors (Lipinski definition) is 3. The van der Waals surface area contributed by atoms with Crippen LogP contribution < -0.4 is 10.1 Å². The van der Waals surface area contributed by atoms with Gasteiger partial charge in [0.15, 0.2) is 6.61 Å². The number of amides is 2. The molecule has 0 fully saturated rings. The fraction of sp³-hybridized carbons (Fsp3) is 0.286. The van der Waals surface area contributed by atoms with Gasteiger partial charge in [-0.2, -0.15) is 0 Å². The minimum atomic E-state index is -0.658. The van der Waals surface area contributed by atoms with Crippen molar-refractivity contribution in [1.29, 1.82) is 0 Å². The number of likely N-dealkylation sites (N-methyl/N-ethyl adjacent to an activating group) is 1. The minimum Gasteiger partial charge on any atom is -0.483 e. The smallest absolute Gasteiger partial charge is 0.261 e. The molecule has 5 nitrogen and oxygen atoms in total. The number of nitrogens with zero attached hydrogens (tertiary/aromatic N) is 1. The van der Waals surface area contributed by atoms with Crippen LogP contribution in [0, 0.1) is 0 Å². The first-order chi connectivity index (χ1) is 16.0. The van der Waals surface area contributed by atoms with E-state index < -0.39 is 6.04 Å². The van der Waals surface area contributed by atoms with E-state index in [-0.39, 0.29) is 24.3 Å². The van der Waals surface area contributed by atoms with Crippen LogP contribution in [-0.4, -0.2) is 36.4 Å². The summed E-state index contributed by atoms with van der Waals surface area (Å²) in [4.78, 5) is 28.0. The average molecular weight is 445 g/mol. The summed E-state index contributed by atoms with van der Waals surface area (Å²) in [6.45, 7) is 4.36. The molecule has 0 radical (unpaired) electrons. The Labute approximate surface area is 196 Å².